The first-order valence-electron chi connectivity index (χ1n) is 6.92. The first-order chi connectivity index (χ1) is 10.4. The lowest BCUT2D eigenvalue weighted by atomic mass is 9.78. The molecule has 0 spiro atoms. The Morgan fingerprint density at radius 3 is 2.77 bits per heavy atom. The van der Waals surface area contributed by atoms with Crippen molar-refractivity contribution in [1.29, 1.82) is 0 Å². The molecule has 1 heterocycles. The third-order valence-corrected chi connectivity index (χ3v) is 5.41. The Labute approximate surface area is 129 Å². The second kappa shape index (κ2) is 5.26. The van der Waals surface area contributed by atoms with Crippen molar-refractivity contribution in [3.05, 3.63) is 53.3 Å². The average molecular weight is 319 g/mol. The summed E-state index contributed by atoms with van der Waals surface area (Å²) >= 11 is 0. The van der Waals surface area contributed by atoms with Gasteiger partial charge in [-0.1, -0.05) is 24.3 Å². The molecule has 0 unspecified atom stereocenters. The number of hydrogen-bond acceptors (Lipinski definition) is 3. The van der Waals surface area contributed by atoms with E-state index < -0.39 is 15.9 Å². The van der Waals surface area contributed by atoms with E-state index in [-0.39, 0.29) is 16.5 Å². The van der Waals surface area contributed by atoms with Crippen LogP contribution in [0.15, 0.2) is 41.4 Å². The van der Waals surface area contributed by atoms with Gasteiger partial charge in [-0.25, -0.2) is 13.1 Å². The molecule has 6 nitrogen and oxygen atoms in total. The van der Waals surface area contributed by atoms with Crippen LogP contribution in [0.2, 0.25) is 0 Å². The Kier molecular flexibility index (Phi) is 3.54. The second-order valence-corrected chi connectivity index (χ2v) is 7.25. The minimum atomic E-state index is -3.65. The third-order valence-electron chi connectivity index (χ3n) is 4.02. The largest absolute Gasteiger partial charge is 0.364 e. The maximum Gasteiger partial charge on any atom is 0.265 e. The van der Waals surface area contributed by atoms with Crippen molar-refractivity contribution < 1.29 is 13.2 Å². The lowest BCUT2D eigenvalue weighted by Crippen LogP contribution is -2.33. The fourth-order valence-corrected chi connectivity index (χ4v) is 3.92. The van der Waals surface area contributed by atoms with E-state index in [2.05, 4.69) is 10.8 Å². The number of sulfonamides is 1. The Morgan fingerprint density at radius 2 is 2.14 bits per heavy atom. The molecule has 0 saturated carbocycles. The van der Waals surface area contributed by atoms with E-state index in [9.17, 15) is 13.2 Å². The van der Waals surface area contributed by atoms with Gasteiger partial charge in [-0.2, -0.15) is 0 Å². The summed E-state index contributed by atoms with van der Waals surface area (Å²) < 4.78 is 28.6. The molecule has 22 heavy (non-hydrogen) atoms. The summed E-state index contributed by atoms with van der Waals surface area (Å²) in [6.45, 7) is 0.347. The topological polar surface area (TPSA) is 94.2 Å². The Hall–Kier alpha value is -2.12. The average Bonchev–Trinajstić information content (AvgIpc) is 2.83. The standard InChI is InChI=1S/C15H17N3O3S/c1-18-9-12(7-14(18)15(16)19)22(20,21)17-8-11-6-10-4-2-3-5-13(10)11/h2-5,7,9,11,17H,6,8H2,1H3,(H2,16,19)/t11-/m0/s1. The first kappa shape index (κ1) is 14.8. The molecule has 0 bridgehead atoms. The van der Waals surface area contributed by atoms with Gasteiger partial charge in [0.15, 0.2) is 0 Å². The van der Waals surface area contributed by atoms with Crippen molar-refractivity contribution in [3.63, 3.8) is 0 Å². The van der Waals surface area contributed by atoms with Crippen LogP contribution >= 0.6 is 0 Å². The van der Waals surface area contributed by atoms with Crippen molar-refractivity contribution in [3.8, 4) is 0 Å². The SMILES string of the molecule is Cn1cc(S(=O)(=O)NC[C@@H]2Cc3ccccc32)cc1C(N)=O. The zero-order valence-electron chi connectivity index (χ0n) is 12.1. The predicted molar refractivity (Wildman–Crippen MR) is 82.0 cm³/mol. The van der Waals surface area contributed by atoms with Crippen LogP contribution in [0.5, 0.6) is 0 Å². The number of hydrogen-bond donors (Lipinski definition) is 2. The van der Waals surface area contributed by atoms with Crippen LogP contribution in [0.25, 0.3) is 0 Å². The number of carbonyl (C=O) groups excluding carboxylic acids is 1. The number of primary amides is 1. The number of rotatable bonds is 5. The van der Waals surface area contributed by atoms with Gasteiger partial charge in [-0.3, -0.25) is 4.79 Å². The van der Waals surface area contributed by atoms with Gasteiger partial charge >= 0.3 is 0 Å². The second-order valence-electron chi connectivity index (χ2n) is 5.49. The van der Waals surface area contributed by atoms with E-state index in [1.165, 1.54) is 28.0 Å². The quantitative estimate of drug-likeness (QED) is 0.851. The van der Waals surface area contributed by atoms with Crippen LogP contribution < -0.4 is 10.5 Å². The number of amides is 1. The fraction of sp³-hybridized carbons (Fsp3) is 0.267. The van der Waals surface area contributed by atoms with Crippen LogP contribution in [0.4, 0.5) is 0 Å². The maximum atomic E-state index is 12.3. The highest BCUT2D eigenvalue weighted by Gasteiger charge is 2.27. The normalized spacial score (nSPS) is 16.9. The van der Waals surface area contributed by atoms with Crippen LogP contribution in [0.3, 0.4) is 0 Å². The molecule has 3 N–H and O–H groups in total. The Bertz CT molecular complexity index is 839. The molecule has 116 valence electrons. The first-order valence-corrected chi connectivity index (χ1v) is 8.40. The number of nitrogens with two attached hydrogens (primary N) is 1. The summed E-state index contributed by atoms with van der Waals surface area (Å²) in [6.07, 6.45) is 2.26. The van der Waals surface area contributed by atoms with Gasteiger partial charge in [0.25, 0.3) is 5.91 Å². The molecule has 1 aromatic heterocycles. The maximum absolute atomic E-state index is 12.3. The molecule has 0 saturated heterocycles. The highest BCUT2D eigenvalue weighted by molar-refractivity contribution is 7.89. The Morgan fingerprint density at radius 1 is 1.41 bits per heavy atom. The van der Waals surface area contributed by atoms with Crippen molar-refractivity contribution >= 4 is 15.9 Å². The van der Waals surface area contributed by atoms with Crippen molar-refractivity contribution in [1.82, 2.24) is 9.29 Å². The van der Waals surface area contributed by atoms with Gasteiger partial charge in [-0.15, -0.1) is 0 Å². The zero-order chi connectivity index (χ0) is 15.9. The van der Waals surface area contributed by atoms with Crippen LogP contribution in [0.1, 0.15) is 27.5 Å². The molecule has 1 amide bonds. The van der Waals surface area contributed by atoms with E-state index >= 15 is 0 Å². The molecule has 1 aliphatic rings. The Balaban J connectivity index is 1.73. The van der Waals surface area contributed by atoms with Crippen LogP contribution in [-0.2, 0) is 23.5 Å². The molecule has 1 aliphatic carbocycles. The summed E-state index contributed by atoms with van der Waals surface area (Å²) in [5.74, 6) is -0.456. The molecule has 7 heteroatoms. The number of aromatic nitrogens is 1. The minimum Gasteiger partial charge on any atom is -0.364 e. The van der Waals surface area contributed by atoms with E-state index in [0.717, 1.165) is 6.42 Å². The highest BCUT2D eigenvalue weighted by Crippen LogP contribution is 2.34. The molecule has 2 aromatic rings. The zero-order valence-corrected chi connectivity index (χ0v) is 12.9. The highest BCUT2D eigenvalue weighted by atomic mass is 32.2. The van der Waals surface area contributed by atoms with Gasteiger partial charge in [-0.05, 0) is 23.6 Å². The summed E-state index contributed by atoms with van der Waals surface area (Å²) in [6, 6.07) is 9.30. The monoisotopic (exact) mass is 319 g/mol. The molecular weight excluding hydrogens is 302 g/mol. The van der Waals surface area contributed by atoms with E-state index in [4.69, 9.17) is 5.73 Å². The molecule has 0 aliphatic heterocycles. The van der Waals surface area contributed by atoms with Gasteiger partial charge in [0.05, 0.1) is 0 Å². The van der Waals surface area contributed by atoms with Crippen molar-refractivity contribution in [2.45, 2.75) is 17.2 Å². The number of nitrogens with one attached hydrogen (secondary N) is 1. The number of aryl methyl sites for hydroxylation is 1. The van der Waals surface area contributed by atoms with Crippen molar-refractivity contribution in [2.24, 2.45) is 12.8 Å². The molecule has 0 radical (unpaired) electrons. The van der Waals surface area contributed by atoms with Gasteiger partial charge < -0.3 is 10.3 Å². The molecule has 3 rings (SSSR count). The molecule has 0 fully saturated rings. The fourth-order valence-electron chi connectivity index (χ4n) is 2.76. The van der Waals surface area contributed by atoms with Crippen LogP contribution in [0, 0.1) is 0 Å². The van der Waals surface area contributed by atoms with E-state index in [0.29, 0.717) is 6.54 Å². The lowest BCUT2D eigenvalue weighted by molar-refractivity contribution is 0.0992. The summed E-state index contributed by atoms with van der Waals surface area (Å²) in [5.41, 5.74) is 7.82. The summed E-state index contributed by atoms with van der Waals surface area (Å²) in [5, 5.41) is 0. The smallest absolute Gasteiger partial charge is 0.265 e. The summed E-state index contributed by atoms with van der Waals surface area (Å²) in [7, 11) is -2.06. The molecular formula is C15H17N3O3S. The lowest BCUT2D eigenvalue weighted by Gasteiger charge is -2.30. The number of benzene rings is 1. The predicted octanol–water partition coefficient (Wildman–Crippen LogP) is 0.742. The third kappa shape index (κ3) is 2.53. The van der Waals surface area contributed by atoms with Gasteiger partial charge in [0.2, 0.25) is 10.0 Å². The molecule has 1 atom stereocenters. The van der Waals surface area contributed by atoms with E-state index in [1.54, 1.807) is 7.05 Å². The number of carbonyl (C=O) groups is 1. The van der Waals surface area contributed by atoms with E-state index in [1.807, 2.05) is 18.2 Å². The summed E-state index contributed by atoms with van der Waals surface area (Å²) in [4.78, 5) is 11.3. The van der Waals surface area contributed by atoms with Gasteiger partial charge in [0.1, 0.15) is 10.6 Å². The van der Waals surface area contributed by atoms with Crippen LogP contribution in [-0.4, -0.2) is 25.4 Å². The van der Waals surface area contributed by atoms with Gasteiger partial charge in [0, 0.05) is 25.7 Å². The number of nitrogens with zero attached hydrogens (tertiary/aromatic N) is 1. The molecule has 1 aromatic carbocycles. The van der Waals surface area contributed by atoms with Crippen molar-refractivity contribution in [2.75, 3.05) is 6.54 Å². The number of fused-ring (bicyclic) bond motifs is 1. The minimum absolute atomic E-state index is 0.0522.